The van der Waals surface area contributed by atoms with Crippen LogP contribution in [0.2, 0.25) is 5.02 Å². The van der Waals surface area contributed by atoms with Crippen molar-refractivity contribution in [3.8, 4) is 0 Å². The minimum atomic E-state index is -0.167. The molecule has 0 saturated carbocycles. The second kappa shape index (κ2) is 5.94. The number of hydrogen-bond acceptors (Lipinski definition) is 0. The van der Waals surface area contributed by atoms with Crippen molar-refractivity contribution >= 4 is 23.2 Å². The lowest BCUT2D eigenvalue weighted by Crippen LogP contribution is -1.99. The van der Waals surface area contributed by atoms with Gasteiger partial charge in [-0.05, 0) is 54.7 Å². The van der Waals surface area contributed by atoms with Gasteiger partial charge in [0.2, 0.25) is 0 Å². The van der Waals surface area contributed by atoms with Gasteiger partial charge in [0.1, 0.15) is 5.82 Å². The summed E-state index contributed by atoms with van der Waals surface area (Å²) in [5.41, 5.74) is 3.34. The van der Waals surface area contributed by atoms with E-state index < -0.39 is 0 Å². The van der Waals surface area contributed by atoms with Crippen molar-refractivity contribution in [1.29, 1.82) is 0 Å². The smallest absolute Gasteiger partial charge is 0.129 e. The van der Waals surface area contributed by atoms with Crippen LogP contribution in [0.25, 0.3) is 0 Å². The third-order valence-electron chi connectivity index (χ3n) is 3.15. The molecule has 19 heavy (non-hydrogen) atoms. The van der Waals surface area contributed by atoms with Gasteiger partial charge >= 0.3 is 0 Å². The van der Waals surface area contributed by atoms with Crippen LogP contribution >= 0.6 is 23.2 Å². The first-order valence-corrected chi connectivity index (χ1v) is 6.94. The molecule has 0 saturated heterocycles. The average Bonchev–Trinajstić information content (AvgIpc) is 2.38. The van der Waals surface area contributed by atoms with E-state index in [4.69, 9.17) is 23.2 Å². The van der Waals surface area contributed by atoms with Crippen LogP contribution in [0.4, 0.5) is 4.39 Å². The van der Waals surface area contributed by atoms with Gasteiger partial charge in [0.15, 0.2) is 0 Å². The van der Waals surface area contributed by atoms with Gasteiger partial charge in [-0.15, -0.1) is 11.6 Å². The Bertz CT molecular complexity index is 553. The molecule has 0 bridgehead atoms. The first-order chi connectivity index (χ1) is 8.97. The maximum atomic E-state index is 13.6. The highest BCUT2D eigenvalue weighted by molar-refractivity contribution is 6.30. The van der Waals surface area contributed by atoms with E-state index in [1.54, 1.807) is 13.8 Å². The van der Waals surface area contributed by atoms with E-state index >= 15 is 0 Å². The Hall–Kier alpha value is -1.05. The fourth-order valence-corrected chi connectivity index (χ4v) is 2.54. The third-order valence-corrected chi connectivity index (χ3v) is 3.81. The second-order valence-electron chi connectivity index (χ2n) is 4.77. The molecular formula is C16H15Cl2F. The number of alkyl halides is 1. The third kappa shape index (κ3) is 3.49. The summed E-state index contributed by atoms with van der Waals surface area (Å²) in [5.74, 6) is -0.154. The van der Waals surface area contributed by atoms with Crippen LogP contribution in [0.1, 0.15) is 27.6 Å². The zero-order valence-electron chi connectivity index (χ0n) is 10.9. The summed E-state index contributed by atoms with van der Waals surface area (Å²) >= 11 is 12.3. The van der Waals surface area contributed by atoms with E-state index in [0.717, 1.165) is 11.1 Å². The first kappa shape index (κ1) is 14.4. The lowest BCUT2D eigenvalue weighted by Gasteiger charge is -2.13. The number of halogens is 3. The van der Waals surface area contributed by atoms with E-state index in [-0.39, 0.29) is 11.2 Å². The van der Waals surface area contributed by atoms with Crippen LogP contribution in [0.3, 0.4) is 0 Å². The molecule has 0 amide bonds. The summed E-state index contributed by atoms with van der Waals surface area (Å²) in [4.78, 5) is 0. The number of rotatable bonds is 3. The van der Waals surface area contributed by atoms with Crippen LogP contribution in [0, 0.1) is 19.7 Å². The second-order valence-corrected chi connectivity index (χ2v) is 5.73. The molecule has 3 heteroatoms. The van der Waals surface area contributed by atoms with Gasteiger partial charge in [0.05, 0.1) is 5.38 Å². The minimum absolute atomic E-state index is 0.154. The summed E-state index contributed by atoms with van der Waals surface area (Å²) in [6, 6.07) is 11.2. The maximum absolute atomic E-state index is 13.6. The van der Waals surface area contributed by atoms with Gasteiger partial charge in [-0.3, -0.25) is 0 Å². The van der Waals surface area contributed by atoms with Crippen molar-refractivity contribution in [2.24, 2.45) is 0 Å². The summed E-state index contributed by atoms with van der Waals surface area (Å²) in [7, 11) is 0. The molecule has 0 N–H and O–H groups in total. The van der Waals surface area contributed by atoms with Crippen molar-refractivity contribution in [3.63, 3.8) is 0 Å². The normalized spacial score (nSPS) is 12.5. The van der Waals surface area contributed by atoms with E-state index in [1.807, 2.05) is 36.4 Å². The van der Waals surface area contributed by atoms with Crippen LogP contribution in [-0.2, 0) is 6.42 Å². The fraction of sp³-hybridized carbons (Fsp3) is 0.250. The Labute approximate surface area is 123 Å². The van der Waals surface area contributed by atoms with Crippen LogP contribution in [0.15, 0.2) is 36.4 Å². The Morgan fingerprint density at radius 2 is 1.58 bits per heavy atom. The van der Waals surface area contributed by atoms with Gasteiger partial charge < -0.3 is 0 Å². The van der Waals surface area contributed by atoms with Gasteiger partial charge in [-0.1, -0.05) is 35.9 Å². The van der Waals surface area contributed by atoms with Crippen molar-refractivity contribution in [1.82, 2.24) is 0 Å². The highest BCUT2D eigenvalue weighted by Gasteiger charge is 2.12. The SMILES string of the molecule is Cc1cc(C(Cl)Cc2ccc(Cl)cc2)cc(C)c1F. The summed E-state index contributed by atoms with van der Waals surface area (Å²) in [6.07, 6.45) is 0.698. The average molecular weight is 297 g/mol. The van der Waals surface area contributed by atoms with E-state index in [1.165, 1.54) is 0 Å². The van der Waals surface area contributed by atoms with Crippen molar-refractivity contribution < 1.29 is 4.39 Å². The maximum Gasteiger partial charge on any atom is 0.129 e. The lowest BCUT2D eigenvalue weighted by atomic mass is 10.00. The standard InChI is InChI=1S/C16H15Cl2F/c1-10-7-13(8-11(2)16(10)19)15(18)9-12-3-5-14(17)6-4-12/h3-8,15H,9H2,1-2H3. The monoisotopic (exact) mass is 296 g/mol. The highest BCUT2D eigenvalue weighted by Crippen LogP contribution is 2.28. The largest absolute Gasteiger partial charge is 0.206 e. The molecule has 0 aromatic heterocycles. The zero-order chi connectivity index (χ0) is 14.0. The van der Waals surface area contributed by atoms with Gasteiger partial charge in [-0.25, -0.2) is 4.39 Å². The van der Waals surface area contributed by atoms with E-state index in [2.05, 4.69) is 0 Å². The molecule has 2 aromatic carbocycles. The van der Waals surface area contributed by atoms with Crippen molar-refractivity contribution in [3.05, 3.63) is 69.5 Å². The molecule has 0 aliphatic carbocycles. The number of aryl methyl sites for hydroxylation is 2. The zero-order valence-corrected chi connectivity index (χ0v) is 12.4. The molecule has 0 fully saturated rings. The molecule has 0 radical (unpaired) electrons. The Balaban J connectivity index is 2.20. The molecule has 0 aliphatic rings. The molecule has 0 spiro atoms. The van der Waals surface area contributed by atoms with E-state index in [9.17, 15) is 4.39 Å². The predicted molar refractivity (Wildman–Crippen MR) is 79.6 cm³/mol. The van der Waals surface area contributed by atoms with Crippen LogP contribution in [0.5, 0.6) is 0 Å². The van der Waals surface area contributed by atoms with Gasteiger partial charge in [0.25, 0.3) is 0 Å². The Morgan fingerprint density at radius 1 is 1.05 bits per heavy atom. The molecular weight excluding hydrogens is 282 g/mol. The molecule has 0 nitrogen and oxygen atoms in total. The van der Waals surface area contributed by atoms with Crippen LogP contribution in [-0.4, -0.2) is 0 Å². The number of hydrogen-bond donors (Lipinski definition) is 0. The highest BCUT2D eigenvalue weighted by atomic mass is 35.5. The van der Waals surface area contributed by atoms with Crippen molar-refractivity contribution in [2.45, 2.75) is 25.6 Å². The molecule has 1 atom stereocenters. The van der Waals surface area contributed by atoms with Gasteiger partial charge in [-0.2, -0.15) is 0 Å². The molecule has 0 aliphatic heterocycles. The molecule has 100 valence electrons. The number of benzene rings is 2. The van der Waals surface area contributed by atoms with Crippen molar-refractivity contribution in [2.75, 3.05) is 0 Å². The molecule has 1 unspecified atom stereocenters. The quantitative estimate of drug-likeness (QED) is 0.645. The molecule has 0 heterocycles. The Kier molecular flexibility index (Phi) is 4.49. The predicted octanol–water partition coefficient (Wildman–Crippen LogP) is 5.62. The first-order valence-electron chi connectivity index (χ1n) is 6.12. The lowest BCUT2D eigenvalue weighted by molar-refractivity contribution is 0.608. The molecule has 2 aromatic rings. The minimum Gasteiger partial charge on any atom is -0.206 e. The van der Waals surface area contributed by atoms with Gasteiger partial charge in [0, 0.05) is 5.02 Å². The topological polar surface area (TPSA) is 0 Å². The summed E-state index contributed by atoms with van der Waals surface area (Å²) in [5, 5.41) is 0.544. The molecule has 2 rings (SSSR count). The fourth-order valence-electron chi connectivity index (χ4n) is 2.11. The summed E-state index contributed by atoms with van der Waals surface area (Å²) in [6.45, 7) is 3.52. The summed E-state index contributed by atoms with van der Waals surface area (Å²) < 4.78 is 13.6. The Morgan fingerprint density at radius 3 is 2.11 bits per heavy atom. The van der Waals surface area contributed by atoms with E-state index in [0.29, 0.717) is 22.6 Å². The van der Waals surface area contributed by atoms with Crippen LogP contribution < -0.4 is 0 Å².